The molecule has 88 valence electrons. The van der Waals surface area contributed by atoms with E-state index >= 15 is 0 Å². The Labute approximate surface area is 99.8 Å². The number of amides is 1. The van der Waals surface area contributed by atoms with Crippen LogP contribution in [0.2, 0.25) is 0 Å². The zero-order valence-corrected chi connectivity index (χ0v) is 10.8. The Hall–Kier alpha value is -0.970. The minimum Gasteiger partial charge on any atom is -0.337 e. The second-order valence-corrected chi connectivity index (χ2v) is 5.60. The molecule has 2 atom stereocenters. The summed E-state index contributed by atoms with van der Waals surface area (Å²) in [4.78, 5) is 14.9. The SMILES string of the molecule is Cc1nnsc1C(=O)N1C[C@H](C)C[C@H](C)C1. The van der Waals surface area contributed by atoms with Crippen molar-refractivity contribution in [2.24, 2.45) is 11.8 Å². The van der Waals surface area contributed by atoms with E-state index in [9.17, 15) is 4.79 Å². The van der Waals surface area contributed by atoms with Gasteiger partial charge in [0, 0.05) is 13.1 Å². The molecule has 0 bridgehead atoms. The van der Waals surface area contributed by atoms with Crippen LogP contribution in [0.1, 0.15) is 35.6 Å². The fourth-order valence-electron chi connectivity index (χ4n) is 2.40. The monoisotopic (exact) mass is 239 g/mol. The molecule has 1 aliphatic heterocycles. The van der Waals surface area contributed by atoms with Gasteiger partial charge in [-0.2, -0.15) is 0 Å². The van der Waals surface area contributed by atoms with Crippen molar-refractivity contribution in [1.82, 2.24) is 14.5 Å². The van der Waals surface area contributed by atoms with E-state index in [1.165, 1.54) is 18.0 Å². The lowest BCUT2D eigenvalue weighted by Crippen LogP contribution is -2.42. The van der Waals surface area contributed by atoms with E-state index in [1.807, 2.05) is 11.8 Å². The predicted octanol–water partition coefficient (Wildman–Crippen LogP) is 1.96. The largest absolute Gasteiger partial charge is 0.337 e. The molecule has 5 heteroatoms. The summed E-state index contributed by atoms with van der Waals surface area (Å²) in [5, 5.41) is 3.89. The fraction of sp³-hybridized carbons (Fsp3) is 0.727. The fourth-order valence-corrected chi connectivity index (χ4v) is 3.03. The van der Waals surface area contributed by atoms with Crippen molar-refractivity contribution >= 4 is 17.4 Å². The maximum Gasteiger partial charge on any atom is 0.267 e. The lowest BCUT2D eigenvalue weighted by atomic mass is 9.92. The molecule has 0 radical (unpaired) electrons. The van der Waals surface area contributed by atoms with E-state index in [-0.39, 0.29) is 5.91 Å². The average Bonchev–Trinajstić information content (AvgIpc) is 2.62. The number of piperidine rings is 1. The highest BCUT2D eigenvalue weighted by Crippen LogP contribution is 2.23. The van der Waals surface area contributed by atoms with Gasteiger partial charge >= 0.3 is 0 Å². The summed E-state index contributed by atoms with van der Waals surface area (Å²) in [6.07, 6.45) is 1.21. The van der Waals surface area contributed by atoms with Crippen LogP contribution in [0.3, 0.4) is 0 Å². The van der Waals surface area contributed by atoms with Crippen LogP contribution in [0.15, 0.2) is 0 Å². The van der Waals surface area contributed by atoms with Crippen molar-refractivity contribution in [3.05, 3.63) is 10.6 Å². The number of likely N-dealkylation sites (tertiary alicyclic amines) is 1. The molecule has 0 aromatic carbocycles. The first-order chi connectivity index (χ1) is 7.58. The van der Waals surface area contributed by atoms with Gasteiger partial charge in [-0.25, -0.2) is 0 Å². The number of nitrogens with zero attached hydrogens (tertiary/aromatic N) is 3. The van der Waals surface area contributed by atoms with Gasteiger partial charge in [0.2, 0.25) is 0 Å². The Kier molecular flexibility index (Phi) is 3.23. The number of hydrogen-bond donors (Lipinski definition) is 0. The number of aryl methyl sites for hydroxylation is 1. The van der Waals surface area contributed by atoms with Crippen LogP contribution in [0.4, 0.5) is 0 Å². The number of rotatable bonds is 1. The summed E-state index contributed by atoms with van der Waals surface area (Å²) in [6.45, 7) is 7.97. The first-order valence-corrected chi connectivity index (χ1v) is 6.43. The Morgan fingerprint density at radius 3 is 2.50 bits per heavy atom. The van der Waals surface area contributed by atoms with Gasteiger partial charge in [0.15, 0.2) is 0 Å². The van der Waals surface area contributed by atoms with Gasteiger partial charge in [0.05, 0.1) is 5.69 Å². The van der Waals surface area contributed by atoms with Gasteiger partial charge in [0.25, 0.3) is 5.91 Å². The van der Waals surface area contributed by atoms with Gasteiger partial charge in [-0.15, -0.1) is 5.10 Å². The Bertz CT molecular complexity index is 380. The third kappa shape index (κ3) is 2.24. The average molecular weight is 239 g/mol. The molecule has 16 heavy (non-hydrogen) atoms. The van der Waals surface area contributed by atoms with Crippen LogP contribution in [-0.2, 0) is 0 Å². The molecule has 1 aromatic rings. The Morgan fingerprint density at radius 2 is 2.00 bits per heavy atom. The molecule has 2 rings (SSSR count). The molecule has 1 amide bonds. The van der Waals surface area contributed by atoms with E-state index in [0.717, 1.165) is 18.8 Å². The summed E-state index contributed by atoms with van der Waals surface area (Å²) in [5.74, 6) is 1.29. The van der Waals surface area contributed by atoms with Crippen LogP contribution < -0.4 is 0 Å². The molecule has 1 saturated heterocycles. The lowest BCUT2D eigenvalue weighted by Gasteiger charge is -2.34. The molecule has 0 N–H and O–H groups in total. The summed E-state index contributed by atoms with van der Waals surface area (Å²) < 4.78 is 3.82. The minimum atomic E-state index is 0.103. The van der Waals surface area contributed by atoms with Gasteiger partial charge < -0.3 is 4.90 Å². The quantitative estimate of drug-likeness (QED) is 0.752. The smallest absolute Gasteiger partial charge is 0.267 e. The number of hydrogen-bond acceptors (Lipinski definition) is 4. The van der Waals surface area contributed by atoms with Gasteiger partial charge in [0.1, 0.15) is 4.88 Å². The van der Waals surface area contributed by atoms with Crippen molar-refractivity contribution in [2.75, 3.05) is 13.1 Å². The molecular formula is C11H17N3OS. The molecule has 1 fully saturated rings. The number of carbonyl (C=O) groups excluding carboxylic acids is 1. The third-order valence-electron chi connectivity index (χ3n) is 3.00. The summed E-state index contributed by atoms with van der Waals surface area (Å²) >= 11 is 1.20. The van der Waals surface area contributed by atoms with Crippen LogP contribution in [0.5, 0.6) is 0 Å². The highest BCUT2D eigenvalue weighted by Gasteiger charge is 2.28. The summed E-state index contributed by atoms with van der Waals surface area (Å²) in [5.41, 5.74) is 0.751. The number of carbonyl (C=O) groups is 1. The van der Waals surface area contributed by atoms with Crippen LogP contribution in [-0.4, -0.2) is 33.5 Å². The van der Waals surface area contributed by atoms with Crippen LogP contribution in [0, 0.1) is 18.8 Å². The van der Waals surface area contributed by atoms with Gasteiger partial charge in [-0.1, -0.05) is 18.3 Å². The zero-order valence-electron chi connectivity index (χ0n) is 9.93. The molecule has 1 aliphatic rings. The van der Waals surface area contributed by atoms with Crippen molar-refractivity contribution in [3.8, 4) is 0 Å². The summed E-state index contributed by atoms with van der Waals surface area (Å²) in [7, 11) is 0. The van der Waals surface area contributed by atoms with E-state index in [2.05, 4.69) is 23.4 Å². The summed E-state index contributed by atoms with van der Waals surface area (Å²) in [6, 6.07) is 0. The minimum absolute atomic E-state index is 0.103. The molecule has 2 heterocycles. The molecule has 0 spiro atoms. The second-order valence-electron chi connectivity index (χ2n) is 4.84. The zero-order chi connectivity index (χ0) is 11.7. The molecule has 0 saturated carbocycles. The van der Waals surface area contributed by atoms with Crippen molar-refractivity contribution in [1.29, 1.82) is 0 Å². The van der Waals surface area contributed by atoms with Crippen LogP contribution >= 0.6 is 11.5 Å². The maximum absolute atomic E-state index is 12.2. The normalized spacial score (nSPS) is 25.8. The van der Waals surface area contributed by atoms with Gasteiger partial charge in [-0.05, 0) is 36.7 Å². The van der Waals surface area contributed by atoms with E-state index in [1.54, 1.807) is 0 Å². The molecular weight excluding hydrogens is 222 g/mol. The van der Waals surface area contributed by atoms with Crippen molar-refractivity contribution in [2.45, 2.75) is 27.2 Å². The Balaban J connectivity index is 2.13. The first kappa shape index (κ1) is 11.5. The molecule has 4 nitrogen and oxygen atoms in total. The molecule has 0 aliphatic carbocycles. The van der Waals surface area contributed by atoms with Crippen LogP contribution in [0.25, 0.3) is 0 Å². The maximum atomic E-state index is 12.2. The predicted molar refractivity (Wildman–Crippen MR) is 63.5 cm³/mol. The van der Waals surface area contributed by atoms with E-state index in [0.29, 0.717) is 16.7 Å². The second kappa shape index (κ2) is 4.49. The third-order valence-corrected chi connectivity index (χ3v) is 3.82. The topological polar surface area (TPSA) is 46.1 Å². The van der Waals surface area contributed by atoms with E-state index in [4.69, 9.17) is 0 Å². The highest BCUT2D eigenvalue weighted by atomic mass is 32.1. The molecule has 0 unspecified atom stereocenters. The van der Waals surface area contributed by atoms with E-state index < -0.39 is 0 Å². The lowest BCUT2D eigenvalue weighted by molar-refractivity contribution is 0.0627. The van der Waals surface area contributed by atoms with Gasteiger partial charge in [-0.3, -0.25) is 4.79 Å². The first-order valence-electron chi connectivity index (χ1n) is 5.66. The van der Waals surface area contributed by atoms with Crippen molar-refractivity contribution < 1.29 is 4.79 Å². The standard InChI is InChI=1S/C11H17N3OS/c1-7-4-8(2)6-14(5-7)11(15)10-9(3)12-13-16-10/h7-8H,4-6H2,1-3H3/t7-,8+. The molecule has 1 aromatic heterocycles. The Morgan fingerprint density at radius 1 is 1.38 bits per heavy atom. The number of aromatic nitrogens is 2. The highest BCUT2D eigenvalue weighted by molar-refractivity contribution is 7.07. The van der Waals surface area contributed by atoms with Crippen molar-refractivity contribution in [3.63, 3.8) is 0 Å².